The first-order valence-electron chi connectivity index (χ1n) is 6.71. The van der Waals surface area contributed by atoms with Gasteiger partial charge in [-0.05, 0) is 36.9 Å². The van der Waals surface area contributed by atoms with E-state index in [0.717, 1.165) is 4.90 Å². The standard InChI is InChI=1S/C15H14BrNO6S/c1-7(14(20)23-3)17-13(19)11(24-15(17)21)5-8-4-9(16)6-10(22-2)12(8)18/h4-7,18H,1-3H3/b11-5-. The van der Waals surface area contributed by atoms with Crippen LogP contribution in [0, 0.1) is 0 Å². The van der Waals surface area contributed by atoms with Gasteiger partial charge < -0.3 is 14.6 Å². The van der Waals surface area contributed by atoms with Crippen molar-refractivity contribution in [2.24, 2.45) is 0 Å². The van der Waals surface area contributed by atoms with Crippen LogP contribution >= 0.6 is 27.7 Å². The van der Waals surface area contributed by atoms with Gasteiger partial charge in [0.15, 0.2) is 11.5 Å². The summed E-state index contributed by atoms with van der Waals surface area (Å²) in [7, 11) is 2.58. The predicted octanol–water partition coefficient (Wildman–Crippen LogP) is 2.76. The van der Waals surface area contributed by atoms with Gasteiger partial charge in [0.05, 0.1) is 19.1 Å². The molecular weight excluding hydrogens is 402 g/mol. The second-order valence-electron chi connectivity index (χ2n) is 4.80. The summed E-state index contributed by atoms with van der Waals surface area (Å²) in [5.41, 5.74) is 0.303. The minimum atomic E-state index is -1.03. The number of methoxy groups -OCH3 is 2. The van der Waals surface area contributed by atoms with Crippen molar-refractivity contribution in [2.75, 3.05) is 14.2 Å². The lowest BCUT2D eigenvalue weighted by molar-refractivity contribution is -0.148. The summed E-state index contributed by atoms with van der Waals surface area (Å²) >= 11 is 3.96. The highest BCUT2D eigenvalue weighted by Gasteiger charge is 2.41. The number of thioether (sulfide) groups is 1. The molecule has 1 aliphatic rings. The lowest BCUT2D eigenvalue weighted by atomic mass is 10.1. The Balaban J connectivity index is 2.39. The lowest BCUT2D eigenvalue weighted by Gasteiger charge is -2.18. The van der Waals surface area contributed by atoms with Crippen molar-refractivity contribution in [3.63, 3.8) is 0 Å². The number of esters is 1. The first-order valence-corrected chi connectivity index (χ1v) is 8.32. The number of aromatic hydroxyl groups is 1. The molecule has 0 aromatic heterocycles. The van der Waals surface area contributed by atoms with E-state index in [1.807, 2.05) is 0 Å². The molecule has 0 radical (unpaired) electrons. The van der Waals surface area contributed by atoms with Crippen molar-refractivity contribution in [1.82, 2.24) is 4.90 Å². The number of ether oxygens (including phenoxy) is 2. The number of carbonyl (C=O) groups is 3. The molecule has 1 atom stereocenters. The van der Waals surface area contributed by atoms with Gasteiger partial charge in [0.1, 0.15) is 6.04 Å². The molecule has 7 nitrogen and oxygen atoms in total. The van der Waals surface area contributed by atoms with Crippen LogP contribution in [0.5, 0.6) is 11.5 Å². The third-order valence-corrected chi connectivity index (χ3v) is 4.67. The highest BCUT2D eigenvalue weighted by molar-refractivity contribution is 9.10. The number of phenolic OH excluding ortho intramolecular Hbond substituents is 1. The highest BCUT2D eigenvalue weighted by atomic mass is 79.9. The minimum Gasteiger partial charge on any atom is -0.504 e. The Hall–Kier alpha value is -2.00. The van der Waals surface area contributed by atoms with E-state index in [9.17, 15) is 19.5 Å². The van der Waals surface area contributed by atoms with Gasteiger partial charge >= 0.3 is 5.97 Å². The summed E-state index contributed by atoms with van der Waals surface area (Å²) in [6.45, 7) is 1.41. The van der Waals surface area contributed by atoms with E-state index < -0.39 is 23.2 Å². The number of hydrogen-bond donors (Lipinski definition) is 1. The second-order valence-corrected chi connectivity index (χ2v) is 6.71. The molecule has 2 amide bonds. The van der Waals surface area contributed by atoms with Crippen molar-refractivity contribution in [3.05, 3.63) is 27.1 Å². The summed E-state index contributed by atoms with van der Waals surface area (Å²) < 4.78 is 10.2. The minimum absolute atomic E-state index is 0.0891. The zero-order valence-corrected chi connectivity index (χ0v) is 15.4. The summed E-state index contributed by atoms with van der Waals surface area (Å²) in [5, 5.41) is 9.57. The fourth-order valence-electron chi connectivity index (χ4n) is 2.09. The molecule has 0 spiro atoms. The third kappa shape index (κ3) is 3.41. The van der Waals surface area contributed by atoms with E-state index >= 15 is 0 Å². The molecule has 1 fully saturated rings. The maximum atomic E-state index is 12.4. The van der Waals surface area contributed by atoms with Crippen LogP contribution in [0.2, 0.25) is 0 Å². The molecule has 1 unspecified atom stereocenters. The summed E-state index contributed by atoms with van der Waals surface area (Å²) in [4.78, 5) is 37.0. The van der Waals surface area contributed by atoms with E-state index in [0.29, 0.717) is 21.8 Å². The second kappa shape index (κ2) is 7.27. The van der Waals surface area contributed by atoms with Gasteiger partial charge in [0.25, 0.3) is 11.1 Å². The third-order valence-electron chi connectivity index (χ3n) is 3.33. The Bertz CT molecular complexity index is 748. The Labute approximate surface area is 150 Å². The highest BCUT2D eigenvalue weighted by Crippen LogP contribution is 2.39. The number of imide groups is 1. The molecule has 0 saturated carbocycles. The van der Waals surface area contributed by atoms with Crippen LogP contribution in [0.15, 0.2) is 21.5 Å². The molecule has 9 heteroatoms. The lowest BCUT2D eigenvalue weighted by Crippen LogP contribution is -2.42. The summed E-state index contributed by atoms with van der Waals surface area (Å²) in [5.74, 6) is -1.25. The number of nitrogens with zero attached hydrogens (tertiary/aromatic N) is 1. The average Bonchev–Trinajstić information content (AvgIpc) is 2.82. The van der Waals surface area contributed by atoms with Crippen molar-refractivity contribution in [3.8, 4) is 11.5 Å². The van der Waals surface area contributed by atoms with Gasteiger partial charge in [-0.15, -0.1) is 0 Å². The van der Waals surface area contributed by atoms with Crippen molar-refractivity contribution in [2.45, 2.75) is 13.0 Å². The van der Waals surface area contributed by atoms with Crippen molar-refractivity contribution in [1.29, 1.82) is 0 Å². The number of halogens is 1. The van der Waals surface area contributed by atoms with Gasteiger partial charge in [-0.2, -0.15) is 0 Å². The topological polar surface area (TPSA) is 93.1 Å². The first kappa shape index (κ1) is 18.3. The van der Waals surface area contributed by atoms with E-state index in [1.54, 1.807) is 12.1 Å². The largest absolute Gasteiger partial charge is 0.504 e. The smallest absolute Gasteiger partial charge is 0.328 e. The van der Waals surface area contributed by atoms with Crippen LogP contribution in [-0.2, 0) is 14.3 Å². The van der Waals surface area contributed by atoms with Gasteiger partial charge in [-0.3, -0.25) is 14.5 Å². The normalized spacial score (nSPS) is 17.3. The fraction of sp³-hybridized carbons (Fsp3) is 0.267. The van der Waals surface area contributed by atoms with Crippen LogP contribution in [0.1, 0.15) is 12.5 Å². The van der Waals surface area contributed by atoms with Gasteiger partial charge in [-0.1, -0.05) is 15.9 Å². The van der Waals surface area contributed by atoms with Crippen molar-refractivity contribution >= 4 is 50.9 Å². The number of carbonyl (C=O) groups excluding carboxylic acids is 3. The van der Waals surface area contributed by atoms with Crippen LogP contribution in [0.4, 0.5) is 4.79 Å². The molecule has 1 heterocycles. The molecule has 1 aromatic carbocycles. The van der Waals surface area contributed by atoms with Crippen molar-refractivity contribution < 1.29 is 29.0 Å². The molecule has 0 aliphatic carbocycles. The molecule has 1 saturated heterocycles. The van der Waals surface area contributed by atoms with E-state index in [1.165, 1.54) is 27.2 Å². The number of rotatable bonds is 4. The fourth-order valence-corrected chi connectivity index (χ4v) is 3.44. The zero-order chi connectivity index (χ0) is 18.0. The van der Waals surface area contributed by atoms with Gasteiger partial charge in [0, 0.05) is 10.0 Å². The Kier molecular flexibility index (Phi) is 5.55. The zero-order valence-electron chi connectivity index (χ0n) is 13.0. The van der Waals surface area contributed by atoms with Crippen LogP contribution in [0.25, 0.3) is 6.08 Å². The number of phenols is 1. The first-order chi connectivity index (χ1) is 11.3. The molecule has 24 heavy (non-hydrogen) atoms. The number of amides is 2. The van der Waals surface area contributed by atoms with Crippen LogP contribution in [-0.4, -0.2) is 47.4 Å². The Morgan fingerprint density at radius 1 is 1.38 bits per heavy atom. The molecule has 1 aromatic rings. The van der Waals surface area contributed by atoms with Gasteiger partial charge in [0.2, 0.25) is 0 Å². The molecule has 128 valence electrons. The molecule has 1 aliphatic heterocycles. The molecule has 1 N–H and O–H groups in total. The number of hydrogen-bond acceptors (Lipinski definition) is 7. The Morgan fingerprint density at radius 3 is 2.62 bits per heavy atom. The molecule has 0 bridgehead atoms. The SMILES string of the molecule is COC(=O)C(C)N1C(=O)S/C(=C\c2cc(Br)cc(OC)c2O)C1=O. The quantitative estimate of drug-likeness (QED) is 0.596. The van der Waals surface area contributed by atoms with E-state index in [-0.39, 0.29) is 16.4 Å². The number of benzene rings is 1. The summed E-state index contributed by atoms with van der Waals surface area (Å²) in [6.07, 6.45) is 1.37. The van der Waals surface area contributed by atoms with E-state index in [2.05, 4.69) is 20.7 Å². The average molecular weight is 416 g/mol. The van der Waals surface area contributed by atoms with Crippen LogP contribution < -0.4 is 4.74 Å². The Morgan fingerprint density at radius 2 is 2.04 bits per heavy atom. The molecular formula is C15H14BrNO6S. The van der Waals surface area contributed by atoms with Crippen LogP contribution in [0.3, 0.4) is 0 Å². The molecule has 2 rings (SSSR count). The van der Waals surface area contributed by atoms with Gasteiger partial charge in [-0.25, -0.2) is 4.79 Å². The predicted molar refractivity (Wildman–Crippen MR) is 91.6 cm³/mol. The summed E-state index contributed by atoms with van der Waals surface area (Å²) in [6, 6.07) is 2.12. The maximum Gasteiger partial charge on any atom is 0.328 e. The van der Waals surface area contributed by atoms with E-state index in [4.69, 9.17) is 4.74 Å². The monoisotopic (exact) mass is 415 g/mol. The maximum absolute atomic E-state index is 12.4.